The number of nitrogens with zero attached hydrogens (tertiary/aromatic N) is 3. The van der Waals surface area contributed by atoms with E-state index in [4.69, 9.17) is 5.73 Å². The number of hydrogen-bond acceptors (Lipinski definition) is 4. The average Bonchev–Trinajstić information content (AvgIpc) is 2.59. The molecule has 0 fully saturated rings. The van der Waals surface area contributed by atoms with Crippen LogP contribution in [0.15, 0.2) is 34.9 Å². The number of para-hydroxylation sites is 1. The Morgan fingerprint density at radius 3 is 2.84 bits per heavy atom. The first-order valence-corrected chi connectivity index (χ1v) is 7.19. The molecule has 0 saturated carbocycles. The van der Waals surface area contributed by atoms with Crippen molar-refractivity contribution < 1.29 is 0 Å². The Bertz CT molecular complexity index is 579. The summed E-state index contributed by atoms with van der Waals surface area (Å²) in [6.45, 7) is 0.924. The van der Waals surface area contributed by atoms with Crippen molar-refractivity contribution in [3.05, 3.63) is 40.5 Å². The number of hydrogen-bond donors (Lipinski definition) is 1. The summed E-state index contributed by atoms with van der Waals surface area (Å²) >= 11 is 3.38. The third kappa shape index (κ3) is 2.56. The van der Waals surface area contributed by atoms with E-state index in [0.29, 0.717) is 11.8 Å². The first-order valence-electron chi connectivity index (χ1n) is 6.39. The molecule has 1 aromatic carbocycles. The van der Waals surface area contributed by atoms with Gasteiger partial charge in [-0.1, -0.05) is 18.2 Å². The number of aromatic nitrogens is 2. The second-order valence-electron chi connectivity index (χ2n) is 4.65. The first kappa shape index (κ1) is 12.4. The molecular formula is C14H15BrN4. The molecule has 5 heteroatoms. The van der Waals surface area contributed by atoms with Crippen LogP contribution in [0.5, 0.6) is 0 Å². The topological polar surface area (TPSA) is 55.0 Å². The maximum absolute atomic E-state index is 5.82. The molecule has 0 aliphatic carbocycles. The fourth-order valence-corrected chi connectivity index (χ4v) is 2.84. The number of anilines is 3. The van der Waals surface area contributed by atoms with Gasteiger partial charge in [0.1, 0.15) is 10.4 Å². The summed E-state index contributed by atoms with van der Waals surface area (Å²) in [5, 5.41) is 0. The van der Waals surface area contributed by atoms with Crippen molar-refractivity contribution in [1.82, 2.24) is 9.97 Å². The average molecular weight is 319 g/mol. The van der Waals surface area contributed by atoms with Gasteiger partial charge in [0.25, 0.3) is 0 Å². The zero-order chi connectivity index (χ0) is 13.2. The van der Waals surface area contributed by atoms with Gasteiger partial charge in [-0.3, -0.25) is 0 Å². The fraction of sp³-hybridized carbons (Fsp3) is 0.286. The lowest BCUT2D eigenvalue weighted by Gasteiger charge is -2.23. The van der Waals surface area contributed by atoms with Crippen LogP contribution in [0.25, 0.3) is 0 Å². The van der Waals surface area contributed by atoms with Gasteiger partial charge in [0, 0.05) is 18.3 Å². The van der Waals surface area contributed by atoms with Gasteiger partial charge in [-0.25, -0.2) is 4.98 Å². The van der Waals surface area contributed by atoms with E-state index in [0.717, 1.165) is 24.0 Å². The lowest BCUT2D eigenvalue weighted by Crippen LogP contribution is -2.21. The van der Waals surface area contributed by atoms with E-state index in [-0.39, 0.29) is 0 Å². The molecule has 0 radical (unpaired) electrons. The number of benzene rings is 1. The number of nitrogens with two attached hydrogens (primary N) is 1. The van der Waals surface area contributed by atoms with Crippen molar-refractivity contribution in [3.63, 3.8) is 0 Å². The number of halogens is 1. The maximum atomic E-state index is 5.82. The normalized spacial score (nSPS) is 14.9. The molecule has 1 aliphatic heterocycles. The summed E-state index contributed by atoms with van der Waals surface area (Å²) < 4.78 is 0.719. The van der Waals surface area contributed by atoms with Crippen LogP contribution in [0.1, 0.15) is 18.4 Å². The van der Waals surface area contributed by atoms with Gasteiger partial charge < -0.3 is 10.6 Å². The summed E-state index contributed by atoms with van der Waals surface area (Å²) in [5.74, 6) is 1.15. The predicted octanol–water partition coefficient (Wildman–Crippen LogP) is 3.30. The van der Waals surface area contributed by atoms with Gasteiger partial charge >= 0.3 is 0 Å². The minimum atomic E-state index is 0.485. The zero-order valence-electron chi connectivity index (χ0n) is 10.5. The van der Waals surface area contributed by atoms with Crippen molar-refractivity contribution in [3.8, 4) is 0 Å². The largest absolute Gasteiger partial charge is 0.383 e. The van der Waals surface area contributed by atoms with Crippen LogP contribution in [-0.4, -0.2) is 16.5 Å². The highest BCUT2D eigenvalue weighted by Gasteiger charge is 2.19. The van der Waals surface area contributed by atoms with Crippen LogP contribution >= 0.6 is 15.9 Å². The molecule has 0 saturated heterocycles. The molecule has 1 aliphatic rings. The molecule has 0 spiro atoms. The number of rotatable bonds is 1. The molecule has 19 heavy (non-hydrogen) atoms. The van der Waals surface area contributed by atoms with Gasteiger partial charge in [-0.15, -0.1) is 0 Å². The van der Waals surface area contributed by atoms with Crippen LogP contribution in [-0.2, 0) is 6.42 Å². The molecule has 0 amide bonds. The summed E-state index contributed by atoms with van der Waals surface area (Å²) in [6, 6.07) is 10.2. The van der Waals surface area contributed by atoms with Crippen molar-refractivity contribution in [2.24, 2.45) is 0 Å². The molecule has 2 N–H and O–H groups in total. The predicted molar refractivity (Wildman–Crippen MR) is 80.5 cm³/mol. The van der Waals surface area contributed by atoms with Crippen molar-refractivity contribution >= 4 is 33.4 Å². The van der Waals surface area contributed by atoms with Gasteiger partial charge in [-0.05, 0) is 46.8 Å². The van der Waals surface area contributed by atoms with E-state index in [9.17, 15) is 0 Å². The van der Waals surface area contributed by atoms with Crippen LogP contribution in [0.4, 0.5) is 17.5 Å². The van der Waals surface area contributed by atoms with E-state index in [1.165, 1.54) is 17.7 Å². The molecule has 0 bridgehead atoms. The second kappa shape index (κ2) is 5.17. The Balaban J connectivity index is 2.09. The Kier molecular flexibility index (Phi) is 3.38. The SMILES string of the molecule is Nc1cc(Br)nc(N2CCCCc3ccccc32)n1. The van der Waals surface area contributed by atoms with E-state index >= 15 is 0 Å². The van der Waals surface area contributed by atoms with E-state index in [2.05, 4.69) is 55.1 Å². The van der Waals surface area contributed by atoms with Gasteiger partial charge in [0.05, 0.1) is 0 Å². The van der Waals surface area contributed by atoms with E-state index in [1.54, 1.807) is 6.07 Å². The molecule has 3 rings (SSSR count). The Hall–Kier alpha value is -1.62. The van der Waals surface area contributed by atoms with Crippen LogP contribution in [0.3, 0.4) is 0 Å². The second-order valence-corrected chi connectivity index (χ2v) is 5.47. The monoisotopic (exact) mass is 318 g/mol. The molecule has 2 aromatic rings. The highest BCUT2D eigenvalue weighted by molar-refractivity contribution is 9.10. The molecule has 4 nitrogen and oxygen atoms in total. The van der Waals surface area contributed by atoms with Crippen LogP contribution in [0, 0.1) is 0 Å². The minimum Gasteiger partial charge on any atom is -0.383 e. The Morgan fingerprint density at radius 1 is 1.16 bits per heavy atom. The zero-order valence-corrected chi connectivity index (χ0v) is 12.1. The number of fused-ring (bicyclic) bond motifs is 1. The van der Waals surface area contributed by atoms with Crippen molar-refractivity contribution in [2.45, 2.75) is 19.3 Å². The smallest absolute Gasteiger partial charge is 0.232 e. The highest BCUT2D eigenvalue weighted by atomic mass is 79.9. The lowest BCUT2D eigenvalue weighted by molar-refractivity contribution is 0.753. The summed E-state index contributed by atoms with van der Waals surface area (Å²) in [4.78, 5) is 11.0. The molecule has 98 valence electrons. The Labute approximate surface area is 120 Å². The van der Waals surface area contributed by atoms with E-state index in [1.807, 2.05) is 0 Å². The highest BCUT2D eigenvalue weighted by Crippen LogP contribution is 2.31. The summed E-state index contributed by atoms with van der Waals surface area (Å²) in [7, 11) is 0. The van der Waals surface area contributed by atoms with Crippen molar-refractivity contribution in [2.75, 3.05) is 17.2 Å². The lowest BCUT2D eigenvalue weighted by atomic mass is 10.1. The van der Waals surface area contributed by atoms with Crippen molar-refractivity contribution in [1.29, 1.82) is 0 Å². The molecule has 2 heterocycles. The molecule has 0 unspecified atom stereocenters. The molecule has 0 atom stereocenters. The van der Waals surface area contributed by atoms with Gasteiger partial charge in [0.2, 0.25) is 5.95 Å². The number of nitrogen functional groups attached to an aromatic ring is 1. The van der Waals surface area contributed by atoms with Crippen LogP contribution in [0.2, 0.25) is 0 Å². The Morgan fingerprint density at radius 2 is 2.00 bits per heavy atom. The number of aryl methyl sites for hydroxylation is 1. The molecular weight excluding hydrogens is 304 g/mol. The maximum Gasteiger partial charge on any atom is 0.232 e. The van der Waals surface area contributed by atoms with E-state index < -0.39 is 0 Å². The fourth-order valence-electron chi connectivity index (χ4n) is 2.44. The molecule has 1 aromatic heterocycles. The third-order valence-electron chi connectivity index (χ3n) is 3.30. The summed E-state index contributed by atoms with van der Waals surface area (Å²) in [6.07, 6.45) is 3.43. The van der Waals surface area contributed by atoms with Gasteiger partial charge in [-0.2, -0.15) is 4.98 Å². The minimum absolute atomic E-state index is 0.485. The quantitative estimate of drug-likeness (QED) is 0.820. The third-order valence-corrected chi connectivity index (χ3v) is 3.71. The van der Waals surface area contributed by atoms with Gasteiger partial charge in [0.15, 0.2) is 0 Å². The summed E-state index contributed by atoms with van der Waals surface area (Å²) in [5.41, 5.74) is 8.36. The first-order chi connectivity index (χ1) is 9.24. The van der Waals surface area contributed by atoms with Crippen LogP contribution < -0.4 is 10.6 Å². The standard InChI is InChI=1S/C14H15BrN4/c15-12-9-13(16)18-14(17-12)19-8-4-3-6-10-5-1-2-7-11(10)19/h1-2,5,7,9H,3-4,6,8H2,(H2,16,17,18).